The molecule has 54 valence electrons. The predicted molar refractivity (Wildman–Crippen MR) is 42.5 cm³/mol. The van der Waals surface area contributed by atoms with Crippen molar-refractivity contribution >= 4 is 11.8 Å². The van der Waals surface area contributed by atoms with Gasteiger partial charge in [0.15, 0.2) is 0 Å². The van der Waals surface area contributed by atoms with Crippen LogP contribution in [0.2, 0.25) is 0 Å². The van der Waals surface area contributed by atoms with E-state index in [2.05, 4.69) is 6.26 Å². The van der Waals surface area contributed by atoms with Crippen molar-refractivity contribution in [3.63, 3.8) is 0 Å². The van der Waals surface area contributed by atoms with Crippen LogP contribution in [0.25, 0.3) is 0 Å². The van der Waals surface area contributed by atoms with Gasteiger partial charge in [-0.2, -0.15) is 11.8 Å². The van der Waals surface area contributed by atoms with E-state index in [-0.39, 0.29) is 6.04 Å². The van der Waals surface area contributed by atoms with Crippen molar-refractivity contribution in [1.29, 1.82) is 0 Å². The standard InChI is InChI=1S/C6H14N2S/c1-9-6(2-3-6)5(8)4-7/h5H,2-4,7-8H2,1H3. The molecule has 0 bridgehead atoms. The zero-order chi connectivity index (χ0) is 6.91. The van der Waals surface area contributed by atoms with Crippen LogP contribution in [0.15, 0.2) is 0 Å². The van der Waals surface area contributed by atoms with Crippen LogP contribution in [0, 0.1) is 0 Å². The van der Waals surface area contributed by atoms with Crippen LogP contribution in [0.3, 0.4) is 0 Å². The molecule has 0 aliphatic heterocycles. The van der Waals surface area contributed by atoms with Crippen molar-refractivity contribution in [2.24, 2.45) is 11.5 Å². The van der Waals surface area contributed by atoms with Gasteiger partial charge in [0.05, 0.1) is 0 Å². The average molecular weight is 146 g/mol. The van der Waals surface area contributed by atoms with Gasteiger partial charge < -0.3 is 11.5 Å². The fourth-order valence-electron chi connectivity index (χ4n) is 1.06. The summed E-state index contributed by atoms with van der Waals surface area (Å²) in [5.41, 5.74) is 11.2. The first kappa shape index (κ1) is 7.38. The molecule has 3 heteroatoms. The van der Waals surface area contributed by atoms with Crippen molar-refractivity contribution in [2.45, 2.75) is 23.6 Å². The molecule has 4 N–H and O–H groups in total. The van der Waals surface area contributed by atoms with E-state index in [9.17, 15) is 0 Å². The SMILES string of the molecule is CSC1(C(N)CN)CC1. The Morgan fingerprint density at radius 3 is 2.33 bits per heavy atom. The Balaban J connectivity index is 2.39. The molecule has 1 rings (SSSR count). The van der Waals surface area contributed by atoms with Crippen LogP contribution in [0.5, 0.6) is 0 Å². The normalized spacial score (nSPS) is 25.7. The fourth-order valence-corrected chi connectivity index (χ4v) is 1.97. The lowest BCUT2D eigenvalue weighted by Gasteiger charge is -2.18. The second kappa shape index (κ2) is 2.48. The van der Waals surface area contributed by atoms with Gasteiger partial charge in [0.25, 0.3) is 0 Å². The van der Waals surface area contributed by atoms with Crippen LogP contribution in [0.4, 0.5) is 0 Å². The largest absolute Gasteiger partial charge is 0.329 e. The monoisotopic (exact) mass is 146 g/mol. The second-order valence-electron chi connectivity index (χ2n) is 2.61. The van der Waals surface area contributed by atoms with Gasteiger partial charge in [-0.1, -0.05) is 0 Å². The Labute approximate surface area is 60.4 Å². The maximum Gasteiger partial charge on any atom is 0.0321 e. The number of hydrogen-bond donors (Lipinski definition) is 2. The Bertz CT molecular complexity index is 101. The molecule has 2 nitrogen and oxygen atoms in total. The molecule has 1 fully saturated rings. The molecule has 0 aromatic heterocycles. The quantitative estimate of drug-likeness (QED) is 0.596. The number of nitrogens with two attached hydrogens (primary N) is 2. The van der Waals surface area contributed by atoms with Gasteiger partial charge in [0.2, 0.25) is 0 Å². The van der Waals surface area contributed by atoms with E-state index in [1.54, 1.807) is 0 Å². The van der Waals surface area contributed by atoms with Gasteiger partial charge in [-0.05, 0) is 19.1 Å². The summed E-state index contributed by atoms with van der Waals surface area (Å²) in [7, 11) is 0. The van der Waals surface area contributed by atoms with E-state index in [0.717, 1.165) is 0 Å². The highest BCUT2D eigenvalue weighted by atomic mass is 32.2. The first-order valence-electron chi connectivity index (χ1n) is 3.26. The second-order valence-corrected chi connectivity index (χ2v) is 3.83. The third kappa shape index (κ3) is 1.23. The molecule has 1 aliphatic rings. The molecule has 9 heavy (non-hydrogen) atoms. The number of hydrogen-bond acceptors (Lipinski definition) is 3. The summed E-state index contributed by atoms with van der Waals surface area (Å²) in [5, 5.41) is 0. The van der Waals surface area contributed by atoms with Crippen molar-refractivity contribution in [1.82, 2.24) is 0 Å². The molecule has 0 amide bonds. The minimum absolute atomic E-state index is 0.215. The van der Waals surface area contributed by atoms with Crippen molar-refractivity contribution in [3.05, 3.63) is 0 Å². The zero-order valence-corrected chi connectivity index (χ0v) is 6.58. The Hall–Kier alpha value is 0.270. The van der Waals surface area contributed by atoms with Gasteiger partial charge in [0, 0.05) is 17.3 Å². The molecule has 0 aromatic rings. The minimum Gasteiger partial charge on any atom is -0.329 e. The Morgan fingerprint density at radius 2 is 2.22 bits per heavy atom. The van der Waals surface area contributed by atoms with Crippen LogP contribution < -0.4 is 11.5 Å². The molecule has 0 aromatic carbocycles. The van der Waals surface area contributed by atoms with E-state index >= 15 is 0 Å². The van der Waals surface area contributed by atoms with Crippen molar-refractivity contribution < 1.29 is 0 Å². The summed E-state index contributed by atoms with van der Waals surface area (Å²) in [5.74, 6) is 0. The third-order valence-corrected chi connectivity index (χ3v) is 3.60. The Kier molecular flexibility index (Phi) is 2.03. The highest BCUT2D eigenvalue weighted by Gasteiger charge is 2.46. The van der Waals surface area contributed by atoms with E-state index in [0.29, 0.717) is 11.3 Å². The van der Waals surface area contributed by atoms with Gasteiger partial charge in [-0.25, -0.2) is 0 Å². The summed E-state index contributed by atoms with van der Waals surface area (Å²) in [4.78, 5) is 0. The number of thioether (sulfide) groups is 1. The molecular weight excluding hydrogens is 132 g/mol. The van der Waals surface area contributed by atoms with E-state index in [1.807, 2.05) is 11.8 Å². The molecule has 1 aliphatic carbocycles. The predicted octanol–water partition coefficient (Wildman–Crippen LogP) is 0.168. The summed E-state index contributed by atoms with van der Waals surface area (Å²) in [6.45, 7) is 0.626. The maximum absolute atomic E-state index is 5.78. The average Bonchev–Trinajstić information content (AvgIpc) is 2.66. The topological polar surface area (TPSA) is 52.0 Å². The molecular formula is C6H14N2S. The van der Waals surface area contributed by atoms with Crippen LogP contribution in [0.1, 0.15) is 12.8 Å². The van der Waals surface area contributed by atoms with Crippen LogP contribution in [-0.2, 0) is 0 Å². The molecule has 0 heterocycles. The van der Waals surface area contributed by atoms with E-state index < -0.39 is 0 Å². The first-order chi connectivity index (χ1) is 4.25. The van der Waals surface area contributed by atoms with Crippen LogP contribution in [-0.4, -0.2) is 23.6 Å². The maximum atomic E-state index is 5.78. The van der Waals surface area contributed by atoms with Crippen LogP contribution >= 0.6 is 11.8 Å². The lowest BCUT2D eigenvalue weighted by Crippen LogP contribution is -2.40. The summed E-state index contributed by atoms with van der Waals surface area (Å²) in [6, 6.07) is 0.215. The molecule has 0 saturated heterocycles. The number of rotatable bonds is 3. The van der Waals surface area contributed by atoms with E-state index in [4.69, 9.17) is 11.5 Å². The smallest absolute Gasteiger partial charge is 0.0321 e. The fraction of sp³-hybridized carbons (Fsp3) is 1.00. The van der Waals surface area contributed by atoms with Crippen molar-refractivity contribution in [3.8, 4) is 0 Å². The van der Waals surface area contributed by atoms with Gasteiger partial charge in [-0.3, -0.25) is 0 Å². The Morgan fingerprint density at radius 1 is 1.67 bits per heavy atom. The molecule has 1 atom stereocenters. The molecule has 1 saturated carbocycles. The summed E-state index contributed by atoms with van der Waals surface area (Å²) < 4.78 is 0.370. The summed E-state index contributed by atoms with van der Waals surface area (Å²) in [6.07, 6.45) is 4.63. The lowest BCUT2D eigenvalue weighted by molar-refractivity contribution is 0.640. The van der Waals surface area contributed by atoms with Gasteiger partial charge in [0.1, 0.15) is 0 Å². The third-order valence-electron chi connectivity index (χ3n) is 2.08. The highest BCUT2D eigenvalue weighted by molar-refractivity contribution is 8.00. The summed E-state index contributed by atoms with van der Waals surface area (Å²) >= 11 is 1.87. The van der Waals surface area contributed by atoms with Gasteiger partial charge >= 0.3 is 0 Å². The van der Waals surface area contributed by atoms with Crippen molar-refractivity contribution in [2.75, 3.05) is 12.8 Å². The zero-order valence-electron chi connectivity index (χ0n) is 5.76. The highest BCUT2D eigenvalue weighted by Crippen LogP contribution is 2.48. The molecule has 0 spiro atoms. The minimum atomic E-state index is 0.215. The lowest BCUT2D eigenvalue weighted by atomic mass is 10.2. The molecule has 1 unspecified atom stereocenters. The van der Waals surface area contributed by atoms with E-state index in [1.165, 1.54) is 12.8 Å². The van der Waals surface area contributed by atoms with Gasteiger partial charge in [-0.15, -0.1) is 0 Å². The first-order valence-corrected chi connectivity index (χ1v) is 4.48. The molecule has 0 radical (unpaired) electrons.